The van der Waals surface area contributed by atoms with Crippen molar-refractivity contribution in [2.45, 2.75) is 26.2 Å². The Morgan fingerprint density at radius 3 is 3.05 bits per heavy atom. The molecule has 0 radical (unpaired) electrons. The lowest BCUT2D eigenvalue weighted by Gasteiger charge is -2.27. The minimum atomic E-state index is -0.325. The number of aromatic nitrogens is 2. The van der Waals surface area contributed by atoms with Crippen molar-refractivity contribution in [2.24, 2.45) is 11.8 Å². The van der Waals surface area contributed by atoms with E-state index in [0.717, 1.165) is 19.5 Å². The number of rotatable bonds is 4. The van der Waals surface area contributed by atoms with Crippen LogP contribution in [0.3, 0.4) is 0 Å². The molecule has 0 aliphatic carbocycles. The van der Waals surface area contributed by atoms with E-state index in [1.807, 2.05) is 0 Å². The van der Waals surface area contributed by atoms with Crippen LogP contribution in [0.1, 0.15) is 25.7 Å². The standard InChI is InChI=1S/C16H20FN3O/c1-11(12-5-4-8-18-10-12)9-15-19-16(20-21-15)13-6-2-3-7-14(13)17/h2-3,6-7,11-12,18H,4-5,8-10H2,1H3. The smallest absolute Gasteiger partial charge is 0.227 e. The lowest BCUT2D eigenvalue weighted by atomic mass is 9.85. The molecule has 1 aromatic heterocycles. The fraction of sp³-hybridized carbons (Fsp3) is 0.500. The quantitative estimate of drug-likeness (QED) is 0.940. The minimum Gasteiger partial charge on any atom is -0.339 e. The van der Waals surface area contributed by atoms with E-state index in [1.165, 1.54) is 18.9 Å². The summed E-state index contributed by atoms with van der Waals surface area (Å²) in [5, 5.41) is 7.33. The second-order valence-corrected chi connectivity index (χ2v) is 5.78. The van der Waals surface area contributed by atoms with Crippen molar-refractivity contribution in [2.75, 3.05) is 13.1 Å². The van der Waals surface area contributed by atoms with E-state index >= 15 is 0 Å². The van der Waals surface area contributed by atoms with E-state index in [4.69, 9.17) is 4.52 Å². The van der Waals surface area contributed by atoms with Gasteiger partial charge in [0.15, 0.2) is 0 Å². The average molecular weight is 289 g/mol. The Morgan fingerprint density at radius 2 is 2.29 bits per heavy atom. The third-order valence-electron chi connectivity index (χ3n) is 4.22. The third-order valence-corrected chi connectivity index (χ3v) is 4.22. The van der Waals surface area contributed by atoms with Crippen LogP contribution < -0.4 is 5.32 Å². The third kappa shape index (κ3) is 3.29. The maximum absolute atomic E-state index is 13.7. The molecule has 1 N–H and O–H groups in total. The molecule has 112 valence electrons. The molecule has 2 heterocycles. The van der Waals surface area contributed by atoms with Gasteiger partial charge in [0.2, 0.25) is 11.7 Å². The van der Waals surface area contributed by atoms with Gasteiger partial charge in [0, 0.05) is 6.42 Å². The average Bonchev–Trinajstić information content (AvgIpc) is 2.97. The molecular weight excluding hydrogens is 269 g/mol. The molecule has 1 fully saturated rings. The van der Waals surface area contributed by atoms with Crippen molar-refractivity contribution in [3.63, 3.8) is 0 Å². The van der Waals surface area contributed by atoms with Crippen molar-refractivity contribution >= 4 is 0 Å². The topological polar surface area (TPSA) is 51.0 Å². The summed E-state index contributed by atoms with van der Waals surface area (Å²) in [5.74, 6) is 1.71. The van der Waals surface area contributed by atoms with E-state index in [9.17, 15) is 4.39 Å². The van der Waals surface area contributed by atoms with Crippen LogP contribution in [-0.2, 0) is 6.42 Å². The van der Waals surface area contributed by atoms with Gasteiger partial charge >= 0.3 is 0 Å². The van der Waals surface area contributed by atoms with Crippen LogP contribution in [0.15, 0.2) is 28.8 Å². The van der Waals surface area contributed by atoms with Crippen LogP contribution in [0.4, 0.5) is 4.39 Å². The van der Waals surface area contributed by atoms with Crippen molar-refractivity contribution in [1.82, 2.24) is 15.5 Å². The summed E-state index contributed by atoms with van der Waals surface area (Å²) in [7, 11) is 0. The van der Waals surface area contributed by atoms with Gasteiger partial charge in [-0.2, -0.15) is 4.98 Å². The zero-order valence-electron chi connectivity index (χ0n) is 12.2. The first-order chi connectivity index (χ1) is 10.2. The van der Waals surface area contributed by atoms with Crippen molar-refractivity contribution in [1.29, 1.82) is 0 Å². The highest BCUT2D eigenvalue weighted by Gasteiger charge is 2.22. The largest absolute Gasteiger partial charge is 0.339 e. The normalized spacial score (nSPS) is 20.4. The van der Waals surface area contributed by atoms with Crippen LogP contribution in [0, 0.1) is 17.7 Å². The van der Waals surface area contributed by atoms with Crippen LogP contribution in [-0.4, -0.2) is 23.2 Å². The van der Waals surface area contributed by atoms with Gasteiger partial charge in [-0.25, -0.2) is 4.39 Å². The summed E-state index contributed by atoms with van der Waals surface area (Å²) in [6, 6.07) is 6.49. The first kappa shape index (κ1) is 14.2. The maximum Gasteiger partial charge on any atom is 0.227 e. The molecule has 5 heteroatoms. The maximum atomic E-state index is 13.7. The Bertz CT molecular complexity index is 593. The Balaban J connectivity index is 1.69. The van der Waals surface area contributed by atoms with Gasteiger partial charge in [0.25, 0.3) is 0 Å². The Hall–Kier alpha value is -1.75. The van der Waals surface area contributed by atoms with E-state index in [1.54, 1.807) is 18.2 Å². The number of hydrogen-bond acceptors (Lipinski definition) is 4. The molecule has 2 atom stereocenters. The van der Waals surface area contributed by atoms with Gasteiger partial charge in [0.05, 0.1) is 5.56 Å². The summed E-state index contributed by atoms with van der Waals surface area (Å²) >= 11 is 0. The van der Waals surface area contributed by atoms with Crippen LogP contribution >= 0.6 is 0 Å². The molecule has 3 rings (SSSR count). The molecule has 4 nitrogen and oxygen atoms in total. The Kier molecular flexibility index (Phi) is 4.29. The molecule has 1 aromatic carbocycles. The highest BCUT2D eigenvalue weighted by Crippen LogP contribution is 2.24. The summed E-state index contributed by atoms with van der Waals surface area (Å²) < 4.78 is 19.0. The highest BCUT2D eigenvalue weighted by molar-refractivity contribution is 5.54. The molecule has 0 spiro atoms. The van der Waals surface area contributed by atoms with Gasteiger partial charge in [0.1, 0.15) is 5.82 Å². The monoisotopic (exact) mass is 289 g/mol. The number of nitrogens with one attached hydrogen (secondary N) is 1. The molecule has 0 bridgehead atoms. The summed E-state index contributed by atoms with van der Waals surface area (Å²) in [6.45, 7) is 4.38. The van der Waals surface area contributed by atoms with E-state index < -0.39 is 0 Å². The van der Waals surface area contributed by atoms with E-state index in [0.29, 0.717) is 29.1 Å². The predicted octanol–water partition coefficient (Wildman–Crippen LogP) is 3.05. The number of benzene rings is 1. The van der Waals surface area contributed by atoms with Crippen LogP contribution in [0.2, 0.25) is 0 Å². The van der Waals surface area contributed by atoms with E-state index in [2.05, 4.69) is 22.4 Å². The zero-order chi connectivity index (χ0) is 14.7. The fourth-order valence-electron chi connectivity index (χ4n) is 2.90. The van der Waals surface area contributed by atoms with Crippen LogP contribution in [0.25, 0.3) is 11.4 Å². The zero-order valence-corrected chi connectivity index (χ0v) is 12.2. The molecule has 2 unspecified atom stereocenters. The van der Waals surface area contributed by atoms with Gasteiger partial charge in [-0.15, -0.1) is 0 Å². The molecule has 1 saturated heterocycles. The molecular formula is C16H20FN3O. The first-order valence-electron chi connectivity index (χ1n) is 7.52. The molecule has 0 saturated carbocycles. The van der Waals surface area contributed by atoms with E-state index in [-0.39, 0.29) is 5.82 Å². The molecule has 2 aromatic rings. The van der Waals surface area contributed by atoms with Gasteiger partial charge < -0.3 is 9.84 Å². The Labute approximate surface area is 123 Å². The Morgan fingerprint density at radius 1 is 1.43 bits per heavy atom. The first-order valence-corrected chi connectivity index (χ1v) is 7.52. The van der Waals surface area contributed by atoms with Crippen LogP contribution in [0.5, 0.6) is 0 Å². The van der Waals surface area contributed by atoms with Crippen molar-refractivity contribution in [3.8, 4) is 11.4 Å². The summed E-state index contributed by atoms with van der Waals surface area (Å²) in [6.07, 6.45) is 3.20. The highest BCUT2D eigenvalue weighted by atomic mass is 19.1. The second kappa shape index (κ2) is 6.35. The molecule has 21 heavy (non-hydrogen) atoms. The van der Waals surface area contributed by atoms with Gasteiger partial charge in [-0.3, -0.25) is 0 Å². The minimum absolute atomic E-state index is 0.325. The lowest BCUT2D eigenvalue weighted by molar-refractivity contribution is 0.257. The second-order valence-electron chi connectivity index (χ2n) is 5.78. The number of piperidine rings is 1. The SMILES string of the molecule is CC(Cc1nc(-c2ccccc2F)no1)C1CCCNC1. The predicted molar refractivity (Wildman–Crippen MR) is 78.2 cm³/mol. The molecule has 0 amide bonds. The van der Waals surface area contributed by atoms with Gasteiger partial charge in [-0.1, -0.05) is 24.2 Å². The number of hydrogen-bond donors (Lipinski definition) is 1. The fourth-order valence-corrected chi connectivity index (χ4v) is 2.90. The number of halogens is 1. The van der Waals surface area contributed by atoms with Gasteiger partial charge in [-0.05, 0) is 49.9 Å². The summed E-state index contributed by atoms with van der Waals surface area (Å²) in [5.41, 5.74) is 0.388. The summed E-state index contributed by atoms with van der Waals surface area (Å²) in [4.78, 5) is 4.34. The van der Waals surface area contributed by atoms with Crippen molar-refractivity contribution in [3.05, 3.63) is 36.0 Å². The number of nitrogens with zero attached hydrogens (tertiary/aromatic N) is 2. The van der Waals surface area contributed by atoms with Crippen molar-refractivity contribution < 1.29 is 8.91 Å². The molecule has 1 aliphatic rings. The lowest BCUT2D eigenvalue weighted by Crippen LogP contribution is -2.33. The molecule has 1 aliphatic heterocycles.